The van der Waals surface area contributed by atoms with Crippen LogP contribution < -0.4 is 0 Å². The molecule has 134 valence electrons. The molecule has 0 amide bonds. The Balaban J connectivity index is 2.30. The molecular weight excluding hydrogens is 344 g/mol. The highest BCUT2D eigenvalue weighted by Crippen LogP contribution is 2.44. The molecule has 2 aromatic heterocycles. The van der Waals surface area contributed by atoms with Crippen LogP contribution in [-0.4, -0.2) is 15.0 Å². The first-order chi connectivity index (χ1) is 12.3. The molecule has 0 spiro atoms. The molecule has 0 aliphatic heterocycles. The van der Waals surface area contributed by atoms with Crippen LogP contribution in [0.3, 0.4) is 0 Å². The van der Waals surface area contributed by atoms with Crippen molar-refractivity contribution in [3.8, 4) is 5.75 Å². The van der Waals surface area contributed by atoms with E-state index in [-0.39, 0.29) is 5.56 Å². The monoisotopic (exact) mass is 358 g/mol. The summed E-state index contributed by atoms with van der Waals surface area (Å²) in [6.07, 6.45) is 0. The van der Waals surface area contributed by atoms with Gasteiger partial charge in [-0.05, 0) is 38.1 Å². The Kier molecular flexibility index (Phi) is 4.21. The summed E-state index contributed by atoms with van der Waals surface area (Å²) in [5.74, 6) is 0.272. The van der Waals surface area contributed by atoms with E-state index in [1.54, 1.807) is 38.1 Å². The van der Waals surface area contributed by atoms with Crippen LogP contribution in [0.5, 0.6) is 5.75 Å². The average Bonchev–Trinajstić information content (AvgIpc) is 3.18. The third-order valence-electron chi connectivity index (χ3n) is 3.91. The van der Waals surface area contributed by atoms with E-state index >= 15 is 0 Å². The molecule has 0 radical (unpaired) electrons. The van der Waals surface area contributed by atoms with Gasteiger partial charge < -0.3 is 13.9 Å². The van der Waals surface area contributed by atoms with E-state index < -0.39 is 32.9 Å². The van der Waals surface area contributed by atoms with E-state index in [0.717, 1.165) is 12.1 Å². The van der Waals surface area contributed by atoms with E-state index in [9.17, 15) is 25.3 Å². The van der Waals surface area contributed by atoms with E-state index in [2.05, 4.69) is 0 Å². The van der Waals surface area contributed by atoms with Crippen LogP contribution >= 0.6 is 0 Å². The number of hydrogen-bond donors (Lipinski definition) is 1. The zero-order valence-electron chi connectivity index (χ0n) is 13.8. The molecule has 9 heteroatoms. The first kappa shape index (κ1) is 17.2. The lowest BCUT2D eigenvalue weighted by Gasteiger charge is -2.14. The lowest BCUT2D eigenvalue weighted by molar-refractivity contribution is -0.394. The minimum atomic E-state index is -0.879. The van der Waals surface area contributed by atoms with Crippen molar-refractivity contribution in [1.29, 1.82) is 0 Å². The molecule has 1 N–H and O–H groups in total. The summed E-state index contributed by atoms with van der Waals surface area (Å²) in [6.45, 7) is 3.42. The summed E-state index contributed by atoms with van der Waals surface area (Å²) in [4.78, 5) is 20.8. The number of phenolic OH excluding ortho intramolecular Hbond substituents is 1. The third kappa shape index (κ3) is 3.02. The molecule has 3 aromatic rings. The number of rotatable bonds is 5. The molecular formula is C17H14N2O7. The van der Waals surface area contributed by atoms with Gasteiger partial charge in [-0.2, -0.15) is 0 Å². The van der Waals surface area contributed by atoms with E-state index in [1.165, 1.54) is 0 Å². The summed E-state index contributed by atoms with van der Waals surface area (Å²) in [5.41, 5.74) is -1.32. The topological polar surface area (TPSA) is 133 Å². The molecule has 9 nitrogen and oxygen atoms in total. The van der Waals surface area contributed by atoms with Gasteiger partial charge in [-0.25, -0.2) is 0 Å². The number of nitro groups is 2. The predicted molar refractivity (Wildman–Crippen MR) is 89.3 cm³/mol. The Hall–Kier alpha value is -3.62. The van der Waals surface area contributed by atoms with Gasteiger partial charge in [0, 0.05) is 11.6 Å². The third-order valence-corrected chi connectivity index (χ3v) is 3.91. The van der Waals surface area contributed by atoms with Gasteiger partial charge in [0.25, 0.3) is 5.69 Å². The largest absolute Gasteiger partial charge is 0.502 e. The van der Waals surface area contributed by atoms with Crippen LogP contribution in [0.4, 0.5) is 11.4 Å². The van der Waals surface area contributed by atoms with Crippen molar-refractivity contribution < 1.29 is 23.8 Å². The van der Waals surface area contributed by atoms with Crippen molar-refractivity contribution >= 4 is 11.4 Å². The van der Waals surface area contributed by atoms with Crippen LogP contribution in [0.15, 0.2) is 45.2 Å². The summed E-state index contributed by atoms with van der Waals surface area (Å²) in [5, 5.41) is 32.9. The fraction of sp³-hybridized carbons (Fsp3) is 0.176. The molecule has 0 saturated heterocycles. The fourth-order valence-corrected chi connectivity index (χ4v) is 2.75. The molecule has 2 heterocycles. The number of nitrogens with zero attached hydrogens (tertiary/aromatic N) is 2. The summed E-state index contributed by atoms with van der Waals surface area (Å²) in [7, 11) is 0. The molecule has 0 unspecified atom stereocenters. The van der Waals surface area contributed by atoms with Gasteiger partial charge >= 0.3 is 5.69 Å². The van der Waals surface area contributed by atoms with E-state index in [0.29, 0.717) is 23.0 Å². The Bertz CT molecular complexity index is 962. The van der Waals surface area contributed by atoms with Crippen molar-refractivity contribution in [3.05, 3.63) is 85.2 Å². The number of nitro benzene ring substituents is 2. The second-order valence-electron chi connectivity index (χ2n) is 5.75. The smallest absolute Gasteiger partial charge is 0.317 e. The second kappa shape index (κ2) is 6.36. The number of aryl methyl sites for hydroxylation is 2. The molecule has 0 aliphatic rings. The standard InChI is InChI=1S/C17H14N2O7/c1-9-3-5-14(25-9)16(15-6-4-10(2)26-15)12-7-11(18(21)22)8-13(17(12)20)19(23)24/h3-8,16,20H,1-2H3. The van der Waals surface area contributed by atoms with Gasteiger partial charge in [0.2, 0.25) is 0 Å². The maximum atomic E-state index is 11.2. The van der Waals surface area contributed by atoms with Crippen molar-refractivity contribution in [2.24, 2.45) is 0 Å². The summed E-state index contributed by atoms with van der Waals surface area (Å²) in [6, 6.07) is 8.42. The highest BCUT2D eigenvalue weighted by Gasteiger charge is 2.32. The normalized spacial score (nSPS) is 11.0. The van der Waals surface area contributed by atoms with Crippen LogP contribution in [0.1, 0.15) is 34.5 Å². The fourth-order valence-electron chi connectivity index (χ4n) is 2.75. The zero-order valence-corrected chi connectivity index (χ0v) is 13.8. The Morgan fingerprint density at radius 3 is 1.85 bits per heavy atom. The molecule has 0 saturated carbocycles. The first-order valence-corrected chi connectivity index (χ1v) is 7.56. The molecule has 1 aromatic carbocycles. The van der Waals surface area contributed by atoms with Gasteiger partial charge in [-0.1, -0.05) is 0 Å². The molecule has 3 rings (SSSR count). The SMILES string of the molecule is Cc1ccc(C(c2ccc(C)o2)c2cc([N+](=O)[O-])cc([N+](=O)[O-])c2O)o1. The highest BCUT2D eigenvalue weighted by atomic mass is 16.6. The van der Waals surface area contributed by atoms with Crippen LogP contribution in [0.25, 0.3) is 0 Å². The lowest BCUT2D eigenvalue weighted by atomic mass is 9.92. The number of aromatic hydroxyl groups is 1. The Labute approximate surface area is 146 Å². The first-order valence-electron chi connectivity index (χ1n) is 7.56. The van der Waals surface area contributed by atoms with Crippen molar-refractivity contribution in [2.45, 2.75) is 19.8 Å². The van der Waals surface area contributed by atoms with Gasteiger partial charge in [0.05, 0.1) is 15.9 Å². The molecule has 0 bridgehead atoms. The maximum absolute atomic E-state index is 11.2. The van der Waals surface area contributed by atoms with Crippen molar-refractivity contribution in [1.82, 2.24) is 0 Å². The number of benzene rings is 1. The number of non-ortho nitro benzene ring substituents is 1. The van der Waals surface area contributed by atoms with Crippen LogP contribution in [0.2, 0.25) is 0 Å². The zero-order chi connectivity index (χ0) is 19.0. The minimum Gasteiger partial charge on any atom is -0.502 e. The van der Waals surface area contributed by atoms with Crippen molar-refractivity contribution in [2.75, 3.05) is 0 Å². The Morgan fingerprint density at radius 1 is 0.923 bits per heavy atom. The molecule has 26 heavy (non-hydrogen) atoms. The number of phenols is 1. The number of hydrogen-bond acceptors (Lipinski definition) is 7. The minimum absolute atomic E-state index is 0.0467. The van der Waals surface area contributed by atoms with E-state index in [1.807, 2.05) is 0 Å². The van der Waals surface area contributed by atoms with Gasteiger partial charge in [0.15, 0.2) is 5.75 Å². The summed E-state index contributed by atoms with van der Waals surface area (Å²) >= 11 is 0. The van der Waals surface area contributed by atoms with Gasteiger partial charge in [-0.3, -0.25) is 20.2 Å². The maximum Gasteiger partial charge on any atom is 0.317 e. The summed E-state index contributed by atoms with van der Waals surface area (Å²) < 4.78 is 11.2. The van der Waals surface area contributed by atoms with Gasteiger partial charge in [-0.15, -0.1) is 0 Å². The number of furan rings is 2. The van der Waals surface area contributed by atoms with Gasteiger partial charge in [0.1, 0.15) is 29.0 Å². The Morgan fingerprint density at radius 2 is 1.46 bits per heavy atom. The molecule has 0 atom stereocenters. The van der Waals surface area contributed by atoms with Crippen LogP contribution in [0, 0.1) is 34.1 Å². The second-order valence-corrected chi connectivity index (χ2v) is 5.75. The predicted octanol–water partition coefficient (Wildman–Crippen LogP) is 4.19. The molecule has 0 aliphatic carbocycles. The van der Waals surface area contributed by atoms with Crippen LogP contribution in [-0.2, 0) is 0 Å². The molecule has 0 fully saturated rings. The lowest BCUT2D eigenvalue weighted by Crippen LogP contribution is -2.05. The van der Waals surface area contributed by atoms with Crippen molar-refractivity contribution in [3.63, 3.8) is 0 Å². The van der Waals surface area contributed by atoms with E-state index in [4.69, 9.17) is 8.83 Å². The average molecular weight is 358 g/mol. The quantitative estimate of drug-likeness (QED) is 0.534. The highest BCUT2D eigenvalue weighted by molar-refractivity contribution is 5.61.